The van der Waals surface area contributed by atoms with Crippen molar-refractivity contribution in [2.24, 2.45) is 11.8 Å². The second-order valence-electron chi connectivity index (χ2n) is 4.63. The van der Waals surface area contributed by atoms with Crippen molar-refractivity contribution >= 4 is 5.91 Å². The van der Waals surface area contributed by atoms with Crippen LogP contribution in [0.3, 0.4) is 0 Å². The second-order valence-corrected chi connectivity index (χ2v) is 4.63. The average Bonchev–Trinajstić information content (AvgIpc) is 2.96. The molecule has 1 aromatic heterocycles. The first-order valence-corrected chi connectivity index (χ1v) is 6.07. The number of carbonyl (C=O) groups is 1. The molecule has 0 radical (unpaired) electrons. The number of carbonyl (C=O) groups excluding carboxylic acids is 1. The summed E-state index contributed by atoms with van der Waals surface area (Å²) in [7, 11) is 0. The smallest absolute Gasteiger partial charge is 0.223 e. The van der Waals surface area contributed by atoms with Gasteiger partial charge in [-0.15, -0.1) is 0 Å². The van der Waals surface area contributed by atoms with E-state index in [1.54, 1.807) is 6.26 Å². The molecule has 1 unspecified atom stereocenters. The van der Waals surface area contributed by atoms with E-state index in [0.717, 1.165) is 5.76 Å². The van der Waals surface area contributed by atoms with Crippen LogP contribution in [0.2, 0.25) is 0 Å². The minimum absolute atomic E-state index is 0.137. The van der Waals surface area contributed by atoms with Gasteiger partial charge in [-0.05, 0) is 30.9 Å². The molecule has 3 nitrogen and oxygen atoms in total. The Labute approximate surface area is 96.2 Å². The summed E-state index contributed by atoms with van der Waals surface area (Å²) in [5.74, 6) is 1.68. The zero-order valence-corrected chi connectivity index (χ0v) is 9.74. The Morgan fingerprint density at radius 3 is 2.94 bits per heavy atom. The van der Waals surface area contributed by atoms with Crippen LogP contribution in [0.25, 0.3) is 0 Å². The van der Waals surface area contributed by atoms with Gasteiger partial charge in [-0.1, -0.05) is 19.8 Å². The molecule has 1 amide bonds. The van der Waals surface area contributed by atoms with Gasteiger partial charge in [0.05, 0.1) is 12.8 Å². The predicted molar refractivity (Wildman–Crippen MR) is 61.7 cm³/mol. The number of amides is 1. The standard InChI is InChI=1S/C13H19NO2/c1-10(11-5-2-3-6-11)13(15)14-9-12-7-4-8-16-12/h4,7-8,10-11H,2-3,5-6,9H2,1H3,(H,14,15). The van der Waals surface area contributed by atoms with Crippen LogP contribution in [0.5, 0.6) is 0 Å². The Hall–Kier alpha value is -1.25. The van der Waals surface area contributed by atoms with Crippen molar-refractivity contribution < 1.29 is 9.21 Å². The van der Waals surface area contributed by atoms with Gasteiger partial charge < -0.3 is 9.73 Å². The Morgan fingerprint density at radius 1 is 1.56 bits per heavy atom. The monoisotopic (exact) mass is 221 g/mol. The van der Waals surface area contributed by atoms with E-state index in [2.05, 4.69) is 5.32 Å². The molecule has 0 saturated heterocycles. The number of furan rings is 1. The van der Waals surface area contributed by atoms with E-state index < -0.39 is 0 Å². The zero-order valence-electron chi connectivity index (χ0n) is 9.74. The molecule has 1 N–H and O–H groups in total. The van der Waals surface area contributed by atoms with Crippen LogP contribution in [-0.4, -0.2) is 5.91 Å². The average molecular weight is 221 g/mol. The number of nitrogens with one attached hydrogen (secondary N) is 1. The van der Waals surface area contributed by atoms with E-state index in [1.807, 2.05) is 19.1 Å². The molecular formula is C13H19NO2. The van der Waals surface area contributed by atoms with Crippen LogP contribution >= 0.6 is 0 Å². The van der Waals surface area contributed by atoms with Gasteiger partial charge in [-0.25, -0.2) is 0 Å². The molecule has 1 fully saturated rings. The first kappa shape index (κ1) is 11.2. The van der Waals surface area contributed by atoms with Gasteiger partial charge in [0.25, 0.3) is 0 Å². The third-order valence-corrected chi connectivity index (χ3v) is 3.54. The van der Waals surface area contributed by atoms with Crippen LogP contribution < -0.4 is 5.32 Å². The summed E-state index contributed by atoms with van der Waals surface area (Å²) >= 11 is 0. The van der Waals surface area contributed by atoms with Gasteiger partial charge in [0, 0.05) is 5.92 Å². The van der Waals surface area contributed by atoms with Crippen molar-refractivity contribution in [1.82, 2.24) is 5.32 Å². The third kappa shape index (κ3) is 2.65. The van der Waals surface area contributed by atoms with E-state index in [4.69, 9.17) is 4.42 Å². The van der Waals surface area contributed by atoms with Gasteiger partial charge in [-0.2, -0.15) is 0 Å². The maximum Gasteiger partial charge on any atom is 0.223 e. The Bertz CT molecular complexity index is 326. The van der Waals surface area contributed by atoms with Crippen molar-refractivity contribution in [1.29, 1.82) is 0 Å². The van der Waals surface area contributed by atoms with E-state index in [-0.39, 0.29) is 11.8 Å². The summed E-state index contributed by atoms with van der Waals surface area (Å²) < 4.78 is 5.17. The summed E-state index contributed by atoms with van der Waals surface area (Å²) in [6, 6.07) is 3.71. The lowest BCUT2D eigenvalue weighted by Gasteiger charge is -2.17. The van der Waals surface area contributed by atoms with Gasteiger partial charge in [-0.3, -0.25) is 4.79 Å². The Morgan fingerprint density at radius 2 is 2.31 bits per heavy atom. The molecule has 3 heteroatoms. The molecule has 1 heterocycles. The minimum atomic E-state index is 0.137. The lowest BCUT2D eigenvalue weighted by atomic mass is 9.92. The maximum atomic E-state index is 11.9. The normalized spacial score (nSPS) is 18.6. The fourth-order valence-corrected chi connectivity index (χ4v) is 2.42. The molecule has 0 spiro atoms. The molecule has 1 aliphatic rings. The van der Waals surface area contributed by atoms with Crippen LogP contribution in [0.4, 0.5) is 0 Å². The molecular weight excluding hydrogens is 202 g/mol. The molecule has 88 valence electrons. The number of hydrogen-bond acceptors (Lipinski definition) is 2. The topological polar surface area (TPSA) is 42.2 Å². The van der Waals surface area contributed by atoms with Crippen molar-refractivity contribution in [3.05, 3.63) is 24.2 Å². The molecule has 1 aromatic rings. The van der Waals surface area contributed by atoms with Crippen LogP contribution in [-0.2, 0) is 11.3 Å². The van der Waals surface area contributed by atoms with Gasteiger partial charge in [0.1, 0.15) is 5.76 Å². The highest BCUT2D eigenvalue weighted by atomic mass is 16.3. The lowest BCUT2D eigenvalue weighted by Crippen LogP contribution is -2.32. The maximum absolute atomic E-state index is 11.9. The number of hydrogen-bond donors (Lipinski definition) is 1. The molecule has 2 rings (SSSR count). The lowest BCUT2D eigenvalue weighted by molar-refractivity contribution is -0.126. The Kier molecular flexibility index (Phi) is 3.65. The van der Waals surface area contributed by atoms with Crippen LogP contribution in [0.15, 0.2) is 22.8 Å². The summed E-state index contributed by atoms with van der Waals surface area (Å²) in [6.07, 6.45) is 6.59. The Balaban J connectivity index is 1.78. The van der Waals surface area contributed by atoms with Crippen molar-refractivity contribution in [2.45, 2.75) is 39.2 Å². The highest BCUT2D eigenvalue weighted by Gasteiger charge is 2.26. The SMILES string of the molecule is CC(C(=O)NCc1ccco1)C1CCCC1. The molecule has 16 heavy (non-hydrogen) atoms. The van der Waals surface area contributed by atoms with Gasteiger partial charge in [0.2, 0.25) is 5.91 Å². The first-order chi connectivity index (χ1) is 7.77. The zero-order chi connectivity index (χ0) is 11.4. The van der Waals surface area contributed by atoms with E-state index in [1.165, 1.54) is 25.7 Å². The second kappa shape index (κ2) is 5.19. The first-order valence-electron chi connectivity index (χ1n) is 6.07. The largest absolute Gasteiger partial charge is 0.467 e. The van der Waals surface area contributed by atoms with Crippen molar-refractivity contribution in [3.63, 3.8) is 0 Å². The van der Waals surface area contributed by atoms with E-state index >= 15 is 0 Å². The van der Waals surface area contributed by atoms with Gasteiger partial charge >= 0.3 is 0 Å². The van der Waals surface area contributed by atoms with Crippen LogP contribution in [0, 0.1) is 11.8 Å². The summed E-state index contributed by atoms with van der Waals surface area (Å²) in [6.45, 7) is 2.54. The highest BCUT2D eigenvalue weighted by molar-refractivity contribution is 5.78. The van der Waals surface area contributed by atoms with E-state index in [9.17, 15) is 4.79 Å². The molecule has 0 bridgehead atoms. The van der Waals surface area contributed by atoms with Crippen molar-refractivity contribution in [2.75, 3.05) is 0 Å². The quantitative estimate of drug-likeness (QED) is 0.849. The van der Waals surface area contributed by atoms with E-state index in [0.29, 0.717) is 12.5 Å². The molecule has 0 aliphatic heterocycles. The van der Waals surface area contributed by atoms with Crippen molar-refractivity contribution in [3.8, 4) is 0 Å². The summed E-state index contributed by atoms with van der Waals surface area (Å²) in [5, 5.41) is 2.93. The predicted octanol–water partition coefficient (Wildman–Crippen LogP) is 2.72. The third-order valence-electron chi connectivity index (χ3n) is 3.54. The fraction of sp³-hybridized carbons (Fsp3) is 0.615. The number of rotatable bonds is 4. The summed E-state index contributed by atoms with van der Waals surface area (Å²) in [4.78, 5) is 11.9. The van der Waals surface area contributed by atoms with Crippen LogP contribution in [0.1, 0.15) is 38.4 Å². The molecule has 1 atom stereocenters. The molecule has 1 aliphatic carbocycles. The van der Waals surface area contributed by atoms with Gasteiger partial charge in [0.15, 0.2) is 0 Å². The summed E-state index contributed by atoms with van der Waals surface area (Å²) in [5.41, 5.74) is 0. The highest BCUT2D eigenvalue weighted by Crippen LogP contribution is 2.31. The molecule has 1 saturated carbocycles. The molecule has 0 aromatic carbocycles. The minimum Gasteiger partial charge on any atom is -0.467 e. The fourth-order valence-electron chi connectivity index (χ4n) is 2.42.